The third-order valence-electron chi connectivity index (χ3n) is 2.71. The van der Waals surface area contributed by atoms with Crippen LogP contribution in [0.1, 0.15) is 39.2 Å². The van der Waals surface area contributed by atoms with E-state index >= 15 is 0 Å². The van der Waals surface area contributed by atoms with Gasteiger partial charge in [0.05, 0.1) is 6.26 Å². The number of rotatable bonds is 5. The molecule has 0 atom stereocenters. The van der Waals surface area contributed by atoms with E-state index < -0.39 is 10.0 Å². The Bertz CT molecular complexity index is 481. The van der Waals surface area contributed by atoms with Gasteiger partial charge in [0.2, 0.25) is 10.0 Å². The zero-order valence-electron chi connectivity index (χ0n) is 10.8. The van der Waals surface area contributed by atoms with Gasteiger partial charge < -0.3 is 0 Å². The van der Waals surface area contributed by atoms with Crippen LogP contribution in [0.2, 0.25) is 0 Å². The fraction of sp³-hybridized carbons (Fsp3) is 0.583. The lowest BCUT2D eigenvalue weighted by Crippen LogP contribution is -2.18. The highest BCUT2D eigenvalue weighted by Gasteiger charge is 2.20. The van der Waals surface area contributed by atoms with Gasteiger partial charge >= 0.3 is 0 Å². The summed E-state index contributed by atoms with van der Waals surface area (Å²) in [5, 5.41) is 0. The van der Waals surface area contributed by atoms with Crippen LogP contribution in [0, 0.1) is 0 Å². The van der Waals surface area contributed by atoms with E-state index in [1.807, 2.05) is 6.07 Å². The molecule has 0 aliphatic rings. The molecule has 0 aliphatic carbocycles. The molecule has 0 aliphatic heterocycles. The largest absolute Gasteiger partial charge is 0.268 e. The van der Waals surface area contributed by atoms with E-state index in [2.05, 4.69) is 30.5 Å². The number of aromatic nitrogens is 1. The molecule has 96 valence electrons. The second kappa shape index (κ2) is 5.04. The quantitative estimate of drug-likeness (QED) is 0.880. The van der Waals surface area contributed by atoms with Crippen LogP contribution in [0.3, 0.4) is 0 Å². The lowest BCUT2D eigenvalue weighted by molar-refractivity contribution is 0.473. The summed E-state index contributed by atoms with van der Waals surface area (Å²) in [6.07, 6.45) is 4.90. The Labute approximate surface area is 104 Å². The highest BCUT2D eigenvalue weighted by molar-refractivity contribution is 7.92. The second-order valence-electron chi connectivity index (χ2n) is 4.94. The van der Waals surface area contributed by atoms with Gasteiger partial charge in [0, 0.05) is 6.20 Å². The first kappa shape index (κ1) is 14.0. The molecule has 0 spiro atoms. The molecule has 1 rings (SSSR count). The molecular formula is C12H20N2O2S. The Kier molecular flexibility index (Phi) is 4.14. The van der Waals surface area contributed by atoms with Crippen molar-refractivity contribution in [2.75, 3.05) is 11.0 Å². The first-order valence-electron chi connectivity index (χ1n) is 5.69. The minimum absolute atomic E-state index is 0.0334. The van der Waals surface area contributed by atoms with Crippen molar-refractivity contribution in [1.29, 1.82) is 0 Å². The number of nitrogens with zero attached hydrogens (tertiary/aromatic N) is 1. The maximum Gasteiger partial charge on any atom is 0.230 e. The van der Waals surface area contributed by atoms with Crippen LogP contribution in [0.25, 0.3) is 0 Å². The van der Waals surface area contributed by atoms with Crippen LogP contribution in [-0.2, 0) is 15.4 Å². The van der Waals surface area contributed by atoms with E-state index in [4.69, 9.17) is 0 Å². The van der Waals surface area contributed by atoms with Crippen molar-refractivity contribution < 1.29 is 8.42 Å². The lowest BCUT2D eigenvalue weighted by Gasteiger charge is -2.24. The average Bonchev–Trinajstić information content (AvgIpc) is 2.15. The normalized spacial score (nSPS) is 12.5. The van der Waals surface area contributed by atoms with Gasteiger partial charge in [-0.1, -0.05) is 27.2 Å². The van der Waals surface area contributed by atoms with Crippen LogP contribution < -0.4 is 4.72 Å². The van der Waals surface area contributed by atoms with E-state index in [0.717, 1.165) is 24.7 Å². The minimum atomic E-state index is -3.26. The van der Waals surface area contributed by atoms with Gasteiger partial charge in [0.1, 0.15) is 5.82 Å². The summed E-state index contributed by atoms with van der Waals surface area (Å²) in [4.78, 5) is 4.01. The lowest BCUT2D eigenvalue weighted by atomic mass is 9.81. The maximum atomic E-state index is 11.1. The Hall–Kier alpha value is -1.10. The highest BCUT2D eigenvalue weighted by Crippen LogP contribution is 2.29. The van der Waals surface area contributed by atoms with Crippen molar-refractivity contribution in [3.63, 3.8) is 0 Å². The van der Waals surface area contributed by atoms with Crippen molar-refractivity contribution in [1.82, 2.24) is 4.98 Å². The smallest absolute Gasteiger partial charge is 0.230 e. The summed E-state index contributed by atoms with van der Waals surface area (Å²) in [5.41, 5.74) is 1.13. The van der Waals surface area contributed by atoms with Crippen molar-refractivity contribution in [3.05, 3.63) is 23.9 Å². The zero-order valence-corrected chi connectivity index (χ0v) is 11.6. The van der Waals surface area contributed by atoms with Gasteiger partial charge in [-0.2, -0.15) is 0 Å². The molecule has 0 saturated heterocycles. The summed E-state index contributed by atoms with van der Waals surface area (Å²) in [6.45, 7) is 6.44. The summed E-state index contributed by atoms with van der Waals surface area (Å²) < 4.78 is 24.7. The Morgan fingerprint density at radius 2 is 2.06 bits per heavy atom. The number of sulfonamides is 1. The SMILES string of the molecule is CCCC(C)(C)c1ccnc(NS(C)(=O)=O)c1. The van der Waals surface area contributed by atoms with Crippen molar-refractivity contribution >= 4 is 15.8 Å². The molecule has 4 nitrogen and oxygen atoms in total. The molecule has 0 fully saturated rings. The average molecular weight is 256 g/mol. The van der Waals surface area contributed by atoms with Gasteiger partial charge in [0.25, 0.3) is 0 Å². The predicted octanol–water partition coefficient (Wildman–Crippen LogP) is 2.53. The minimum Gasteiger partial charge on any atom is -0.268 e. The number of anilines is 1. The summed E-state index contributed by atoms with van der Waals surface area (Å²) in [5.74, 6) is 0.383. The number of hydrogen-bond acceptors (Lipinski definition) is 3. The summed E-state index contributed by atoms with van der Waals surface area (Å²) in [7, 11) is -3.26. The van der Waals surface area contributed by atoms with E-state index in [9.17, 15) is 8.42 Å². The van der Waals surface area contributed by atoms with Gasteiger partial charge in [-0.3, -0.25) is 4.72 Å². The predicted molar refractivity (Wildman–Crippen MR) is 70.6 cm³/mol. The van der Waals surface area contributed by atoms with Crippen molar-refractivity contribution in [3.8, 4) is 0 Å². The number of pyridine rings is 1. The Morgan fingerprint density at radius 3 is 2.59 bits per heavy atom. The third kappa shape index (κ3) is 4.34. The van der Waals surface area contributed by atoms with Crippen LogP contribution in [0.4, 0.5) is 5.82 Å². The fourth-order valence-electron chi connectivity index (χ4n) is 1.87. The standard InChI is InChI=1S/C12H20N2O2S/c1-5-7-12(2,3)10-6-8-13-11(9-10)14-17(4,15)16/h6,8-9H,5,7H2,1-4H3,(H,13,14). The molecule has 0 bridgehead atoms. The third-order valence-corrected chi connectivity index (χ3v) is 3.29. The molecule has 0 aromatic carbocycles. The summed E-state index contributed by atoms with van der Waals surface area (Å²) >= 11 is 0. The van der Waals surface area contributed by atoms with Crippen LogP contribution in [0.15, 0.2) is 18.3 Å². The molecule has 0 amide bonds. The highest BCUT2D eigenvalue weighted by atomic mass is 32.2. The van der Waals surface area contributed by atoms with Gasteiger partial charge in [0.15, 0.2) is 0 Å². The topological polar surface area (TPSA) is 59.1 Å². The zero-order chi connectivity index (χ0) is 13.1. The summed E-state index contributed by atoms with van der Waals surface area (Å²) in [6, 6.07) is 3.74. The molecule has 0 saturated carbocycles. The Balaban J connectivity index is 3.01. The molecule has 5 heteroatoms. The fourth-order valence-corrected chi connectivity index (χ4v) is 2.36. The van der Waals surface area contributed by atoms with E-state index in [1.165, 1.54) is 0 Å². The van der Waals surface area contributed by atoms with E-state index in [0.29, 0.717) is 5.82 Å². The number of nitrogens with one attached hydrogen (secondary N) is 1. The first-order chi connectivity index (χ1) is 7.74. The van der Waals surface area contributed by atoms with Gasteiger partial charge in [-0.15, -0.1) is 0 Å². The van der Waals surface area contributed by atoms with E-state index in [-0.39, 0.29) is 5.41 Å². The van der Waals surface area contributed by atoms with Crippen molar-refractivity contribution in [2.45, 2.75) is 39.0 Å². The molecule has 1 N–H and O–H groups in total. The van der Waals surface area contributed by atoms with Crippen LogP contribution in [-0.4, -0.2) is 19.7 Å². The van der Waals surface area contributed by atoms with Crippen LogP contribution >= 0.6 is 0 Å². The molecule has 0 unspecified atom stereocenters. The van der Waals surface area contributed by atoms with Crippen LogP contribution in [0.5, 0.6) is 0 Å². The second-order valence-corrected chi connectivity index (χ2v) is 6.69. The van der Waals surface area contributed by atoms with Gasteiger partial charge in [-0.25, -0.2) is 13.4 Å². The van der Waals surface area contributed by atoms with E-state index in [1.54, 1.807) is 12.3 Å². The molecule has 0 radical (unpaired) electrons. The maximum absolute atomic E-state index is 11.1. The molecule has 1 aromatic rings. The van der Waals surface area contributed by atoms with Gasteiger partial charge in [-0.05, 0) is 29.5 Å². The molecular weight excluding hydrogens is 236 g/mol. The number of hydrogen-bond donors (Lipinski definition) is 1. The van der Waals surface area contributed by atoms with Crippen molar-refractivity contribution in [2.24, 2.45) is 0 Å². The molecule has 1 aromatic heterocycles. The molecule has 17 heavy (non-hydrogen) atoms. The first-order valence-corrected chi connectivity index (χ1v) is 7.58. The monoisotopic (exact) mass is 256 g/mol. The molecule has 1 heterocycles. The Morgan fingerprint density at radius 1 is 1.41 bits per heavy atom.